The van der Waals surface area contributed by atoms with Crippen molar-refractivity contribution in [1.82, 2.24) is 5.32 Å². The van der Waals surface area contributed by atoms with Crippen molar-refractivity contribution in [3.05, 3.63) is 186 Å². The molecule has 48 heavy (non-hydrogen) atoms. The number of benzene rings is 6. The second-order valence-electron chi connectivity index (χ2n) is 11.0. The quantitative estimate of drug-likeness (QED) is 0.0837. The first-order chi connectivity index (χ1) is 23.5. The molecule has 2 amide bonds. The van der Waals surface area contributed by atoms with Crippen molar-refractivity contribution in [3.8, 4) is 22.3 Å². The smallest absolute Gasteiger partial charge is 0.272 e. The van der Waals surface area contributed by atoms with Gasteiger partial charge in [-0.25, -0.2) is 0 Å². The molecule has 0 fully saturated rings. The fourth-order valence-corrected chi connectivity index (χ4v) is 5.93. The highest BCUT2D eigenvalue weighted by atomic mass is 32.2. The molecule has 2 N–H and O–H groups in total. The predicted molar refractivity (Wildman–Crippen MR) is 196 cm³/mol. The van der Waals surface area contributed by atoms with E-state index in [1.807, 2.05) is 133 Å². The van der Waals surface area contributed by atoms with E-state index in [0.29, 0.717) is 16.8 Å². The molecule has 0 unspecified atom stereocenters. The lowest BCUT2D eigenvalue weighted by Gasteiger charge is -2.12. The van der Waals surface area contributed by atoms with Crippen LogP contribution in [-0.2, 0) is 4.79 Å². The lowest BCUT2D eigenvalue weighted by Crippen LogP contribution is -2.30. The summed E-state index contributed by atoms with van der Waals surface area (Å²) in [6.07, 6.45) is 1.66. The van der Waals surface area contributed by atoms with Crippen molar-refractivity contribution in [2.24, 2.45) is 0 Å². The van der Waals surface area contributed by atoms with E-state index in [9.17, 15) is 14.4 Å². The molecule has 0 aromatic heterocycles. The lowest BCUT2D eigenvalue weighted by atomic mass is 10.0. The highest BCUT2D eigenvalue weighted by molar-refractivity contribution is 8.00. The molecule has 0 aliphatic rings. The van der Waals surface area contributed by atoms with Gasteiger partial charge in [0.25, 0.3) is 11.8 Å². The van der Waals surface area contributed by atoms with Gasteiger partial charge >= 0.3 is 0 Å². The van der Waals surface area contributed by atoms with Gasteiger partial charge in [0, 0.05) is 21.7 Å². The molecule has 0 saturated carbocycles. The number of hydrogen-bond acceptors (Lipinski definition) is 4. The zero-order valence-electron chi connectivity index (χ0n) is 26.0. The Kier molecular flexibility index (Phi) is 10.4. The van der Waals surface area contributed by atoms with Gasteiger partial charge in [-0.15, -0.1) is 11.8 Å². The second kappa shape index (κ2) is 15.5. The number of thioether (sulfide) groups is 1. The normalized spacial score (nSPS) is 11.0. The monoisotopic (exact) mass is 644 g/mol. The third kappa shape index (κ3) is 8.43. The van der Waals surface area contributed by atoms with Crippen molar-refractivity contribution >= 4 is 41.1 Å². The molecule has 0 radical (unpaired) electrons. The van der Waals surface area contributed by atoms with E-state index in [2.05, 4.69) is 10.6 Å². The van der Waals surface area contributed by atoms with Gasteiger partial charge in [0.15, 0.2) is 5.78 Å². The summed E-state index contributed by atoms with van der Waals surface area (Å²) in [5.74, 6) is -0.596. The summed E-state index contributed by atoms with van der Waals surface area (Å²) in [5.41, 5.74) is 6.78. The van der Waals surface area contributed by atoms with Gasteiger partial charge in [-0.3, -0.25) is 14.4 Å². The Labute approximate surface area is 284 Å². The average Bonchev–Trinajstić information content (AvgIpc) is 3.15. The van der Waals surface area contributed by atoms with Crippen LogP contribution in [0.25, 0.3) is 28.3 Å². The minimum Gasteiger partial charge on any atom is -0.321 e. The van der Waals surface area contributed by atoms with Crippen LogP contribution in [0.15, 0.2) is 174 Å². The number of rotatable bonds is 11. The van der Waals surface area contributed by atoms with Crippen LogP contribution in [0.3, 0.4) is 0 Å². The highest BCUT2D eigenvalue weighted by Gasteiger charge is 2.16. The molecule has 0 heterocycles. The largest absolute Gasteiger partial charge is 0.321 e. The fraction of sp³-hybridized carbons (Fsp3) is 0.0238. The van der Waals surface area contributed by atoms with Crippen LogP contribution < -0.4 is 10.6 Å². The van der Waals surface area contributed by atoms with Gasteiger partial charge in [0.1, 0.15) is 5.70 Å². The third-order valence-corrected chi connectivity index (χ3v) is 8.63. The number of carbonyl (C=O) groups is 3. The topological polar surface area (TPSA) is 75.3 Å². The van der Waals surface area contributed by atoms with Crippen LogP contribution in [0.2, 0.25) is 0 Å². The van der Waals surface area contributed by atoms with Crippen LogP contribution in [0.1, 0.15) is 26.3 Å². The maximum Gasteiger partial charge on any atom is 0.272 e. The SMILES string of the molecule is O=C(Nc1cccc(SCC(=O)c2ccc(-c3ccccc3)cc2)c1)/C(=C/c1ccc(-c2ccccc2)cc1)NC(=O)c1ccccc1. The maximum absolute atomic E-state index is 13.6. The Morgan fingerprint density at radius 2 is 1.08 bits per heavy atom. The summed E-state index contributed by atoms with van der Waals surface area (Å²) in [6, 6.07) is 51.6. The van der Waals surface area contributed by atoms with Crippen molar-refractivity contribution in [3.63, 3.8) is 0 Å². The van der Waals surface area contributed by atoms with Crippen LogP contribution in [-0.4, -0.2) is 23.4 Å². The van der Waals surface area contributed by atoms with Gasteiger partial charge in [-0.1, -0.05) is 133 Å². The summed E-state index contributed by atoms with van der Waals surface area (Å²) >= 11 is 1.40. The van der Waals surface area contributed by atoms with Gasteiger partial charge in [-0.05, 0) is 64.2 Å². The van der Waals surface area contributed by atoms with E-state index in [4.69, 9.17) is 0 Å². The molecule has 6 aromatic carbocycles. The number of anilines is 1. The zero-order valence-corrected chi connectivity index (χ0v) is 26.8. The molecule has 6 heteroatoms. The summed E-state index contributed by atoms with van der Waals surface area (Å²) < 4.78 is 0. The Balaban J connectivity index is 1.14. The molecule has 0 aliphatic heterocycles. The molecule has 234 valence electrons. The molecule has 6 aromatic rings. The molecule has 0 bridgehead atoms. The number of amides is 2. The number of nitrogens with one attached hydrogen (secondary N) is 2. The van der Waals surface area contributed by atoms with E-state index in [1.165, 1.54) is 11.8 Å². The van der Waals surface area contributed by atoms with Gasteiger partial charge in [0.05, 0.1) is 5.75 Å². The van der Waals surface area contributed by atoms with Crippen molar-refractivity contribution in [2.45, 2.75) is 4.90 Å². The first-order valence-electron chi connectivity index (χ1n) is 15.5. The van der Waals surface area contributed by atoms with Crippen LogP contribution in [0, 0.1) is 0 Å². The third-order valence-electron chi connectivity index (χ3n) is 7.63. The first-order valence-corrected chi connectivity index (χ1v) is 16.5. The molecule has 0 saturated heterocycles. The average molecular weight is 645 g/mol. The Hall–Kier alpha value is -5.98. The Bertz CT molecular complexity index is 2040. The van der Waals surface area contributed by atoms with E-state index >= 15 is 0 Å². The molecule has 6 rings (SSSR count). The second-order valence-corrected chi connectivity index (χ2v) is 12.1. The molecule has 0 spiro atoms. The minimum atomic E-state index is -0.469. The van der Waals surface area contributed by atoms with Gasteiger partial charge in [0.2, 0.25) is 0 Å². The fourth-order valence-electron chi connectivity index (χ4n) is 5.08. The Morgan fingerprint density at radius 1 is 0.542 bits per heavy atom. The molecule has 5 nitrogen and oxygen atoms in total. The van der Waals surface area contributed by atoms with Crippen LogP contribution in [0.4, 0.5) is 5.69 Å². The minimum absolute atomic E-state index is 0.0150. The van der Waals surface area contributed by atoms with Crippen molar-refractivity contribution in [2.75, 3.05) is 11.1 Å². The Morgan fingerprint density at radius 3 is 1.69 bits per heavy atom. The van der Waals surface area contributed by atoms with Gasteiger partial charge in [-0.2, -0.15) is 0 Å². The number of hydrogen-bond donors (Lipinski definition) is 2. The summed E-state index contributed by atoms with van der Waals surface area (Å²) in [4.78, 5) is 40.5. The zero-order chi connectivity index (χ0) is 33.1. The maximum atomic E-state index is 13.6. The van der Waals surface area contributed by atoms with Crippen molar-refractivity contribution in [1.29, 1.82) is 0 Å². The summed E-state index contributed by atoms with van der Waals surface area (Å²) in [6.45, 7) is 0. The molecule has 0 aliphatic carbocycles. The molecule has 0 atom stereocenters. The van der Waals surface area contributed by atoms with E-state index in [1.54, 1.807) is 36.4 Å². The summed E-state index contributed by atoms with van der Waals surface area (Å²) in [5, 5.41) is 5.71. The highest BCUT2D eigenvalue weighted by Crippen LogP contribution is 2.25. The van der Waals surface area contributed by atoms with Crippen LogP contribution in [0.5, 0.6) is 0 Å². The van der Waals surface area contributed by atoms with E-state index in [-0.39, 0.29) is 17.2 Å². The van der Waals surface area contributed by atoms with Crippen LogP contribution >= 0.6 is 11.8 Å². The van der Waals surface area contributed by atoms with Crippen molar-refractivity contribution < 1.29 is 14.4 Å². The summed E-state index contributed by atoms with van der Waals surface area (Å²) in [7, 11) is 0. The lowest BCUT2D eigenvalue weighted by molar-refractivity contribution is -0.113. The molecular weight excluding hydrogens is 613 g/mol. The number of carbonyl (C=O) groups excluding carboxylic acids is 3. The molecular formula is C42H32N2O3S. The number of ketones is 1. The number of Topliss-reactive ketones (excluding diaryl/α,β-unsaturated/α-hetero) is 1. The van der Waals surface area contributed by atoms with E-state index in [0.717, 1.165) is 32.7 Å². The predicted octanol–water partition coefficient (Wildman–Crippen LogP) is 9.41. The standard InChI is InChI=1S/C42H32N2O3S/c45-40(35-25-23-34(24-26-35)32-13-6-2-7-14-32)29-48-38-18-10-17-37(28-38)43-42(47)39(44-41(46)36-15-8-3-9-16-36)27-30-19-21-33(22-20-30)31-11-4-1-5-12-31/h1-28H,29H2,(H,43,47)(H,44,46)/b39-27-. The van der Waals surface area contributed by atoms with E-state index < -0.39 is 11.8 Å². The first kappa shape index (κ1) is 32.0. The van der Waals surface area contributed by atoms with Gasteiger partial charge < -0.3 is 10.6 Å².